The molecule has 0 aliphatic heterocycles. The number of hydrogen-bond donors (Lipinski definition) is 1. The summed E-state index contributed by atoms with van der Waals surface area (Å²) in [5.41, 5.74) is 2.50. The standard InChI is InChI=1S/C14H27N3O2/c1-4-14-13(12-17(2)16-14)11-15-7-5-6-8-19-10-9-18-3/h12,15H,4-11H2,1-3H3. The van der Waals surface area contributed by atoms with E-state index in [9.17, 15) is 0 Å². The number of nitrogens with zero attached hydrogens (tertiary/aromatic N) is 2. The van der Waals surface area contributed by atoms with Gasteiger partial charge in [0.1, 0.15) is 0 Å². The number of unbranched alkanes of at least 4 members (excludes halogenated alkanes) is 1. The average Bonchev–Trinajstić information content (AvgIpc) is 2.77. The normalized spacial score (nSPS) is 11.1. The lowest BCUT2D eigenvalue weighted by atomic mass is 10.2. The lowest BCUT2D eigenvalue weighted by Gasteiger charge is -2.05. The molecule has 0 aliphatic rings. The topological polar surface area (TPSA) is 48.3 Å². The number of nitrogens with one attached hydrogen (secondary N) is 1. The van der Waals surface area contributed by atoms with E-state index in [1.807, 2.05) is 11.7 Å². The molecule has 5 heteroatoms. The first-order valence-corrected chi connectivity index (χ1v) is 7.06. The van der Waals surface area contributed by atoms with Crippen molar-refractivity contribution in [3.05, 3.63) is 17.5 Å². The van der Waals surface area contributed by atoms with Crippen molar-refractivity contribution in [2.24, 2.45) is 7.05 Å². The molecule has 19 heavy (non-hydrogen) atoms. The minimum atomic E-state index is 0.680. The maximum atomic E-state index is 5.41. The summed E-state index contributed by atoms with van der Waals surface area (Å²) in [4.78, 5) is 0. The molecule has 0 fully saturated rings. The number of ether oxygens (including phenoxy) is 2. The Morgan fingerprint density at radius 2 is 2.11 bits per heavy atom. The Bertz CT molecular complexity index is 339. The van der Waals surface area contributed by atoms with Gasteiger partial charge in [-0.2, -0.15) is 5.10 Å². The van der Waals surface area contributed by atoms with E-state index in [1.165, 1.54) is 11.3 Å². The maximum absolute atomic E-state index is 5.41. The van der Waals surface area contributed by atoms with E-state index < -0.39 is 0 Å². The molecule has 0 amide bonds. The first-order valence-electron chi connectivity index (χ1n) is 7.06. The predicted octanol–water partition coefficient (Wildman–Crippen LogP) is 1.52. The minimum absolute atomic E-state index is 0.680. The number of aromatic nitrogens is 2. The van der Waals surface area contributed by atoms with E-state index in [0.29, 0.717) is 13.2 Å². The van der Waals surface area contributed by atoms with Gasteiger partial charge in [0.05, 0.1) is 18.9 Å². The van der Waals surface area contributed by atoms with Crippen molar-refractivity contribution in [1.82, 2.24) is 15.1 Å². The molecule has 1 aromatic heterocycles. The van der Waals surface area contributed by atoms with Crippen LogP contribution < -0.4 is 5.32 Å². The van der Waals surface area contributed by atoms with Crippen molar-refractivity contribution >= 4 is 0 Å². The van der Waals surface area contributed by atoms with Crippen LogP contribution >= 0.6 is 0 Å². The van der Waals surface area contributed by atoms with Crippen LogP contribution in [-0.4, -0.2) is 43.3 Å². The Morgan fingerprint density at radius 3 is 2.84 bits per heavy atom. The van der Waals surface area contributed by atoms with Crippen LogP contribution in [0.1, 0.15) is 31.0 Å². The van der Waals surface area contributed by atoms with Gasteiger partial charge in [0, 0.05) is 39.1 Å². The van der Waals surface area contributed by atoms with Gasteiger partial charge in [-0.25, -0.2) is 0 Å². The molecule has 0 atom stereocenters. The quantitative estimate of drug-likeness (QED) is 0.619. The second kappa shape index (κ2) is 9.95. The second-order valence-electron chi connectivity index (χ2n) is 4.62. The number of rotatable bonds is 11. The third-order valence-electron chi connectivity index (χ3n) is 2.97. The molecule has 1 rings (SSSR count). The first-order chi connectivity index (χ1) is 9.27. The molecule has 1 heterocycles. The van der Waals surface area contributed by atoms with Crippen LogP contribution in [0, 0.1) is 0 Å². The Morgan fingerprint density at radius 1 is 1.26 bits per heavy atom. The van der Waals surface area contributed by atoms with Gasteiger partial charge >= 0.3 is 0 Å². The summed E-state index contributed by atoms with van der Waals surface area (Å²) in [7, 11) is 3.66. The highest BCUT2D eigenvalue weighted by atomic mass is 16.5. The van der Waals surface area contributed by atoms with Gasteiger partial charge in [-0.05, 0) is 25.8 Å². The molecule has 0 aliphatic carbocycles. The molecule has 0 aromatic carbocycles. The van der Waals surface area contributed by atoms with E-state index in [0.717, 1.165) is 39.0 Å². The van der Waals surface area contributed by atoms with Crippen LogP contribution in [0.5, 0.6) is 0 Å². The van der Waals surface area contributed by atoms with Gasteiger partial charge in [0.15, 0.2) is 0 Å². The second-order valence-corrected chi connectivity index (χ2v) is 4.62. The summed E-state index contributed by atoms with van der Waals surface area (Å²) in [6, 6.07) is 0. The zero-order valence-electron chi connectivity index (χ0n) is 12.4. The van der Waals surface area contributed by atoms with Crippen LogP contribution in [-0.2, 0) is 29.5 Å². The van der Waals surface area contributed by atoms with Gasteiger partial charge in [-0.1, -0.05) is 6.92 Å². The molecule has 0 spiro atoms. The number of methoxy groups -OCH3 is 1. The van der Waals surface area contributed by atoms with Crippen LogP contribution in [0.4, 0.5) is 0 Å². The summed E-state index contributed by atoms with van der Waals surface area (Å²) in [6.45, 7) is 6.26. The van der Waals surface area contributed by atoms with Crippen molar-refractivity contribution in [1.29, 1.82) is 0 Å². The van der Waals surface area contributed by atoms with E-state index >= 15 is 0 Å². The van der Waals surface area contributed by atoms with Crippen molar-refractivity contribution in [2.75, 3.05) is 33.5 Å². The van der Waals surface area contributed by atoms with Crippen LogP contribution in [0.3, 0.4) is 0 Å². The number of aryl methyl sites for hydroxylation is 2. The molecule has 5 nitrogen and oxygen atoms in total. The largest absolute Gasteiger partial charge is 0.382 e. The van der Waals surface area contributed by atoms with Gasteiger partial charge in [0.25, 0.3) is 0 Å². The average molecular weight is 269 g/mol. The van der Waals surface area contributed by atoms with Crippen LogP contribution in [0.2, 0.25) is 0 Å². The minimum Gasteiger partial charge on any atom is -0.382 e. The zero-order valence-corrected chi connectivity index (χ0v) is 12.4. The van der Waals surface area contributed by atoms with E-state index in [2.05, 4.69) is 23.5 Å². The molecule has 0 unspecified atom stereocenters. The first kappa shape index (κ1) is 16.1. The third-order valence-corrected chi connectivity index (χ3v) is 2.97. The molecule has 0 saturated heterocycles. The number of hydrogen-bond acceptors (Lipinski definition) is 4. The fourth-order valence-corrected chi connectivity index (χ4v) is 1.95. The Labute approximate surface area is 116 Å². The maximum Gasteiger partial charge on any atom is 0.0700 e. The molecular formula is C14H27N3O2. The van der Waals surface area contributed by atoms with Crippen molar-refractivity contribution < 1.29 is 9.47 Å². The van der Waals surface area contributed by atoms with Gasteiger partial charge < -0.3 is 14.8 Å². The highest BCUT2D eigenvalue weighted by molar-refractivity contribution is 5.16. The van der Waals surface area contributed by atoms with Gasteiger partial charge in [0.2, 0.25) is 0 Å². The molecule has 1 aromatic rings. The summed E-state index contributed by atoms with van der Waals surface area (Å²) in [5, 5.41) is 7.89. The molecule has 0 saturated carbocycles. The lowest BCUT2D eigenvalue weighted by Crippen LogP contribution is -2.16. The fourth-order valence-electron chi connectivity index (χ4n) is 1.95. The smallest absolute Gasteiger partial charge is 0.0700 e. The van der Waals surface area contributed by atoms with Gasteiger partial charge in [-0.15, -0.1) is 0 Å². The Hall–Kier alpha value is -0.910. The highest BCUT2D eigenvalue weighted by Gasteiger charge is 2.04. The third kappa shape index (κ3) is 6.71. The molecule has 1 N–H and O–H groups in total. The van der Waals surface area contributed by atoms with E-state index in [4.69, 9.17) is 9.47 Å². The highest BCUT2D eigenvalue weighted by Crippen LogP contribution is 2.06. The van der Waals surface area contributed by atoms with Crippen molar-refractivity contribution in [3.63, 3.8) is 0 Å². The van der Waals surface area contributed by atoms with E-state index in [1.54, 1.807) is 7.11 Å². The fraction of sp³-hybridized carbons (Fsp3) is 0.786. The van der Waals surface area contributed by atoms with Crippen molar-refractivity contribution in [2.45, 2.75) is 32.7 Å². The summed E-state index contributed by atoms with van der Waals surface area (Å²) < 4.78 is 12.2. The SMILES string of the molecule is CCc1nn(C)cc1CNCCCCOCCOC. The summed E-state index contributed by atoms with van der Waals surface area (Å²) in [6.07, 6.45) is 5.31. The lowest BCUT2D eigenvalue weighted by molar-refractivity contribution is 0.0688. The summed E-state index contributed by atoms with van der Waals surface area (Å²) in [5.74, 6) is 0. The molecule has 110 valence electrons. The van der Waals surface area contributed by atoms with Crippen LogP contribution in [0.25, 0.3) is 0 Å². The predicted molar refractivity (Wildman–Crippen MR) is 76.2 cm³/mol. The molecule has 0 bridgehead atoms. The molecule has 0 radical (unpaired) electrons. The molecular weight excluding hydrogens is 242 g/mol. The Balaban J connectivity index is 2.01. The van der Waals surface area contributed by atoms with Crippen LogP contribution in [0.15, 0.2) is 6.20 Å². The van der Waals surface area contributed by atoms with E-state index in [-0.39, 0.29) is 0 Å². The zero-order chi connectivity index (χ0) is 13.9. The monoisotopic (exact) mass is 269 g/mol. The van der Waals surface area contributed by atoms with Crippen molar-refractivity contribution in [3.8, 4) is 0 Å². The van der Waals surface area contributed by atoms with Gasteiger partial charge in [-0.3, -0.25) is 4.68 Å². The Kier molecular flexibility index (Phi) is 8.45. The summed E-state index contributed by atoms with van der Waals surface area (Å²) >= 11 is 0.